The Bertz CT molecular complexity index is 1030. The lowest BCUT2D eigenvalue weighted by Gasteiger charge is -2.14. The van der Waals surface area contributed by atoms with Crippen LogP contribution >= 0.6 is 0 Å². The van der Waals surface area contributed by atoms with Gasteiger partial charge in [-0.25, -0.2) is 0 Å². The Balaban J connectivity index is 1.51. The summed E-state index contributed by atoms with van der Waals surface area (Å²) in [6, 6.07) is 14.3. The fourth-order valence-electron chi connectivity index (χ4n) is 3.38. The summed E-state index contributed by atoms with van der Waals surface area (Å²) >= 11 is 0. The Labute approximate surface area is 156 Å². The third-order valence-electron chi connectivity index (χ3n) is 4.81. The fraction of sp³-hybridized carbons (Fsp3) is 0.190. The smallest absolute Gasteiger partial charge is 0.255 e. The van der Waals surface area contributed by atoms with Crippen molar-refractivity contribution in [3.05, 3.63) is 60.3 Å². The number of amides is 3. The molecule has 3 aromatic rings. The van der Waals surface area contributed by atoms with Crippen LogP contribution in [0.4, 0.5) is 11.4 Å². The molecule has 0 saturated carbocycles. The predicted octanol–water partition coefficient (Wildman–Crippen LogP) is 3.57. The molecule has 2 aromatic carbocycles. The molecule has 1 fully saturated rings. The molecule has 0 spiro atoms. The maximum Gasteiger partial charge on any atom is 0.255 e. The van der Waals surface area contributed by atoms with Gasteiger partial charge >= 0.3 is 0 Å². The number of hydrogen-bond acceptors (Lipinski definition) is 3. The number of nitrogens with one attached hydrogen (secondary N) is 1. The Morgan fingerprint density at radius 1 is 1.00 bits per heavy atom. The van der Waals surface area contributed by atoms with Gasteiger partial charge in [0.05, 0.1) is 5.69 Å². The second kappa shape index (κ2) is 6.72. The first kappa shape index (κ1) is 17.0. The predicted molar refractivity (Wildman–Crippen MR) is 104 cm³/mol. The molecule has 0 unspecified atom stereocenters. The summed E-state index contributed by atoms with van der Waals surface area (Å²) in [5, 5.41) is 3.95. The molecule has 0 radical (unpaired) electrons. The Kier molecular flexibility index (Phi) is 4.24. The molecular formula is C21H19N3O3. The van der Waals surface area contributed by atoms with E-state index in [0.29, 0.717) is 11.3 Å². The van der Waals surface area contributed by atoms with Crippen molar-refractivity contribution >= 4 is 40.0 Å². The average molecular weight is 361 g/mol. The zero-order valence-electron chi connectivity index (χ0n) is 14.9. The number of aromatic nitrogens is 1. The van der Waals surface area contributed by atoms with Crippen LogP contribution in [0, 0.1) is 0 Å². The van der Waals surface area contributed by atoms with Gasteiger partial charge in [0, 0.05) is 47.7 Å². The van der Waals surface area contributed by atoms with Crippen LogP contribution < -0.4 is 10.2 Å². The minimum atomic E-state index is -0.241. The molecule has 0 atom stereocenters. The minimum absolute atomic E-state index is 0.204. The summed E-state index contributed by atoms with van der Waals surface area (Å²) in [7, 11) is 0. The Morgan fingerprint density at radius 2 is 1.70 bits per heavy atom. The van der Waals surface area contributed by atoms with Crippen molar-refractivity contribution in [3.63, 3.8) is 0 Å². The normalized spacial score (nSPS) is 14.2. The number of anilines is 2. The standard InChI is InChI=1S/C21H19N3O3/c1-2-23-12-11-15-13-16(5-8-18(15)23)22-21(27)14-3-6-17(7-4-14)24-19(25)9-10-20(24)26/h3-8,11-13H,2,9-10H2,1H3,(H,22,27). The third kappa shape index (κ3) is 3.10. The SMILES string of the molecule is CCn1ccc2cc(NC(=O)c3ccc(N4C(=O)CCC4=O)cc3)ccc21. The van der Waals surface area contributed by atoms with Crippen LogP contribution in [0.3, 0.4) is 0 Å². The van der Waals surface area contributed by atoms with Crippen LogP contribution in [-0.4, -0.2) is 22.3 Å². The number of fused-ring (bicyclic) bond motifs is 1. The van der Waals surface area contributed by atoms with Crippen LogP contribution in [0.1, 0.15) is 30.1 Å². The third-order valence-corrected chi connectivity index (χ3v) is 4.81. The van der Waals surface area contributed by atoms with Crippen molar-refractivity contribution in [1.82, 2.24) is 4.57 Å². The molecule has 0 bridgehead atoms. The summed E-state index contributed by atoms with van der Waals surface area (Å²) in [5.41, 5.74) is 2.81. The van der Waals surface area contributed by atoms with Crippen molar-refractivity contribution in [2.24, 2.45) is 0 Å². The first-order valence-electron chi connectivity index (χ1n) is 8.93. The van der Waals surface area contributed by atoms with E-state index in [1.54, 1.807) is 24.3 Å². The number of rotatable bonds is 4. The van der Waals surface area contributed by atoms with Crippen molar-refractivity contribution in [1.29, 1.82) is 0 Å². The number of aryl methyl sites for hydroxylation is 1. The average Bonchev–Trinajstić information content (AvgIpc) is 3.24. The molecule has 1 aliphatic rings. The first-order valence-corrected chi connectivity index (χ1v) is 8.93. The van der Waals surface area contributed by atoms with Gasteiger partial charge in [-0.2, -0.15) is 0 Å². The van der Waals surface area contributed by atoms with E-state index < -0.39 is 0 Å². The highest BCUT2D eigenvalue weighted by Gasteiger charge is 2.30. The number of carbonyl (C=O) groups is 3. The second-order valence-corrected chi connectivity index (χ2v) is 6.50. The van der Waals surface area contributed by atoms with Crippen LogP contribution in [0.25, 0.3) is 10.9 Å². The largest absolute Gasteiger partial charge is 0.348 e. The lowest BCUT2D eigenvalue weighted by molar-refractivity contribution is -0.121. The molecule has 4 rings (SSSR count). The molecule has 27 heavy (non-hydrogen) atoms. The highest BCUT2D eigenvalue weighted by atomic mass is 16.2. The summed E-state index contributed by atoms with van der Waals surface area (Å²) in [4.78, 5) is 37.3. The number of benzene rings is 2. The lowest BCUT2D eigenvalue weighted by atomic mass is 10.1. The molecule has 6 nitrogen and oxygen atoms in total. The van der Waals surface area contributed by atoms with E-state index in [0.717, 1.165) is 23.1 Å². The van der Waals surface area contributed by atoms with Gasteiger partial charge in [0.25, 0.3) is 5.91 Å². The maximum atomic E-state index is 12.5. The molecule has 1 aromatic heterocycles. The Morgan fingerprint density at radius 3 is 2.37 bits per heavy atom. The van der Waals surface area contributed by atoms with E-state index in [1.807, 2.05) is 30.5 Å². The van der Waals surface area contributed by atoms with E-state index in [4.69, 9.17) is 0 Å². The van der Waals surface area contributed by atoms with Crippen LogP contribution in [0.5, 0.6) is 0 Å². The van der Waals surface area contributed by atoms with Crippen molar-refractivity contribution < 1.29 is 14.4 Å². The zero-order chi connectivity index (χ0) is 19.0. The van der Waals surface area contributed by atoms with Crippen molar-refractivity contribution in [2.45, 2.75) is 26.3 Å². The van der Waals surface area contributed by atoms with Crippen LogP contribution in [0.2, 0.25) is 0 Å². The molecule has 1 saturated heterocycles. The number of imide groups is 1. The van der Waals surface area contributed by atoms with E-state index in [2.05, 4.69) is 16.8 Å². The topological polar surface area (TPSA) is 71.4 Å². The molecule has 2 heterocycles. The zero-order valence-corrected chi connectivity index (χ0v) is 14.9. The monoisotopic (exact) mass is 361 g/mol. The first-order chi connectivity index (χ1) is 13.1. The highest BCUT2D eigenvalue weighted by Crippen LogP contribution is 2.24. The number of hydrogen-bond donors (Lipinski definition) is 1. The quantitative estimate of drug-likeness (QED) is 0.722. The second-order valence-electron chi connectivity index (χ2n) is 6.50. The summed E-state index contributed by atoms with van der Waals surface area (Å²) in [5.74, 6) is -0.649. The molecule has 0 aliphatic carbocycles. The van der Waals surface area contributed by atoms with Gasteiger partial charge in [-0.3, -0.25) is 19.3 Å². The number of carbonyl (C=O) groups excluding carboxylic acids is 3. The number of nitrogens with zero attached hydrogens (tertiary/aromatic N) is 2. The van der Waals surface area contributed by atoms with E-state index in [1.165, 1.54) is 4.90 Å². The molecule has 1 N–H and O–H groups in total. The van der Waals surface area contributed by atoms with Crippen LogP contribution in [-0.2, 0) is 16.1 Å². The van der Waals surface area contributed by atoms with Gasteiger partial charge in [-0.15, -0.1) is 0 Å². The van der Waals surface area contributed by atoms with Gasteiger partial charge < -0.3 is 9.88 Å². The summed E-state index contributed by atoms with van der Waals surface area (Å²) in [6.45, 7) is 2.98. The van der Waals surface area contributed by atoms with Crippen molar-refractivity contribution in [3.8, 4) is 0 Å². The van der Waals surface area contributed by atoms with Gasteiger partial charge in [-0.05, 0) is 55.5 Å². The summed E-state index contributed by atoms with van der Waals surface area (Å²) in [6.07, 6.45) is 2.50. The molecule has 6 heteroatoms. The van der Waals surface area contributed by atoms with Gasteiger partial charge in [0.2, 0.25) is 11.8 Å². The maximum absolute atomic E-state index is 12.5. The fourth-order valence-corrected chi connectivity index (χ4v) is 3.38. The van der Waals surface area contributed by atoms with E-state index >= 15 is 0 Å². The Hall–Kier alpha value is -3.41. The molecule has 3 amide bonds. The van der Waals surface area contributed by atoms with Crippen molar-refractivity contribution in [2.75, 3.05) is 10.2 Å². The van der Waals surface area contributed by atoms with Gasteiger partial charge in [0.1, 0.15) is 0 Å². The summed E-state index contributed by atoms with van der Waals surface area (Å²) < 4.78 is 2.14. The van der Waals surface area contributed by atoms with Crippen LogP contribution in [0.15, 0.2) is 54.7 Å². The van der Waals surface area contributed by atoms with E-state index in [-0.39, 0.29) is 30.6 Å². The highest BCUT2D eigenvalue weighted by molar-refractivity contribution is 6.20. The van der Waals surface area contributed by atoms with Gasteiger partial charge in [-0.1, -0.05) is 0 Å². The molecule has 136 valence electrons. The molecular weight excluding hydrogens is 342 g/mol. The van der Waals surface area contributed by atoms with Gasteiger partial charge in [0.15, 0.2) is 0 Å². The minimum Gasteiger partial charge on any atom is -0.348 e. The lowest BCUT2D eigenvalue weighted by Crippen LogP contribution is -2.28. The van der Waals surface area contributed by atoms with E-state index in [9.17, 15) is 14.4 Å². The molecule has 1 aliphatic heterocycles.